The van der Waals surface area contributed by atoms with Gasteiger partial charge < -0.3 is 15.4 Å². The molecule has 0 heterocycles. The van der Waals surface area contributed by atoms with E-state index in [1.165, 1.54) is 6.07 Å². The van der Waals surface area contributed by atoms with Gasteiger partial charge in [-0.2, -0.15) is 0 Å². The predicted octanol–water partition coefficient (Wildman–Crippen LogP) is 3.37. The van der Waals surface area contributed by atoms with Crippen LogP contribution < -0.4 is 10.6 Å². The van der Waals surface area contributed by atoms with Gasteiger partial charge in [-0.25, -0.2) is 8.78 Å². The number of hydrogen-bond acceptors (Lipinski definition) is 2. The van der Waals surface area contributed by atoms with Gasteiger partial charge in [-0.3, -0.25) is 4.99 Å². The van der Waals surface area contributed by atoms with E-state index in [-0.39, 0.29) is 12.1 Å². The normalized spacial score (nSPS) is 11.4. The van der Waals surface area contributed by atoms with Crippen molar-refractivity contribution in [3.8, 4) is 0 Å². The fourth-order valence-corrected chi connectivity index (χ4v) is 2.34. The first-order chi connectivity index (χ1) is 12.1. The Balaban J connectivity index is 1.94. The van der Waals surface area contributed by atoms with Gasteiger partial charge in [0, 0.05) is 32.3 Å². The molecule has 0 bridgehead atoms. The number of ether oxygens (including phenoxy) is 1. The highest BCUT2D eigenvalue weighted by Gasteiger charge is 2.06. The molecule has 0 atom stereocenters. The highest BCUT2D eigenvalue weighted by atomic mass is 19.1. The van der Waals surface area contributed by atoms with Crippen LogP contribution in [0.2, 0.25) is 0 Å². The summed E-state index contributed by atoms with van der Waals surface area (Å²) in [6, 6.07) is 11.4. The van der Waals surface area contributed by atoms with Crippen LogP contribution in [0.3, 0.4) is 0 Å². The van der Waals surface area contributed by atoms with Crippen LogP contribution in [0, 0.1) is 11.6 Å². The average molecular weight is 347 g/mol. The van der Waals surface area contributed by atoms with Gasteiger partial charge in [0.2, 0.25) is 0 Å². The van der Waals surface area contributed by atoms with E-state index in [4.69, 9.17) is 4.74 Å². The quantitative estimate of drug-likeness (QED) is 0.596. The van der Waals surface area contributed by atoms with Crippen molar-refractivity contribution >= 4 is 5.96 Å². The molecule has 0 unspecified atom stereocenters. The third-order valence-electron chi connectivity index (χ3n) is 3.70. The van der Waals surface area contributed by atoms with Gasteiger partial charge in [0.05, 0.1) is 6.61 Å². The maximum absolute atomic E-state index is 13.7. The van der Waals surface area contributed by atoms with Crippen LogP contribution in [-0.4, -0.2) is 19.6 Å². The lowest BCUT2D eigenvalue weighted by Gasteiger charge is -2.14. The summed E-state index contributed by atoms with van der Waals surface area (Å²) < 4.78 is 32.4. The Bertz CT molecular complexity index is 720. The second-order valence-electron chi connectivity index (χ2n) is 5.42. The molecule has 25 heavy (non-hydrogen) atoms. The lowest BCUT2D eigenvalue weighted by Crippen LogP contribution is -2.36. The topological polar surface area (TPSA) is 45.6 Å². The van der Waals surface area contributed by atoms with E-state index in [9.17, 15) is 8.78 Å². The molecule has 6 heteroatoms. The van der Waals surface area contributed by atoms with Gasteiger partial charge in [0.1, 0.15) is 11.6 Å². The fourth-order valence-electron chi connectivity index (χ4n) is 2.34. The number of rotatable bonds is 7. The van der Waals surface area contributed by atoms with Crippen LogP contribution in [0.1, 0.15) is 23.6 Å². The third-order valence-corrected chi connectivity index (χ3v) is 3.70. The molecule has 0 amide bonds. The van der Waals surface area contributed by atoms with Crippen molar-refractivity contribution in [1.82, 2.24) is 10.6 Å². The molecule has 0 saturated heterocycles. The molecule has 0 fully saturated rings. The van der Waals surface area contributed by atoms with E-state index in [0.29, 0.717) is 25.7 Å². The molecular weight excluding hydrogens is 324 g/mol. The predicted molar refractivity (Wildman–Crippen MR) is 95.2 cm³/mol. The smallest absolute Gasteiger partial charge is 0.191 e. The fraction of sp³-hybridized carbons (Fsp3) is 0.316. The summed E-state index contributed by atoms with van der Waals surface area (Å²) in [5.41, 5.74) is 2.44. The molecule has 2 N–H and O–H groups in total. The molecule has 2 aromatic carbocycles. The summed E-state index contributed by atoms with van der Waals surface area (Å²) in [5, 5.41) is 6.16. The van der Waals surface area contributed by atoms with Crippen molar-refractivity contribution in [1.29, 1.82) is 0 Å². The lowest BCUT2D eigenvalue weighted by molar-refractivity contribution is 0.133. The largest absolute Gasteiger partial charge is 0.377 e. The van der Waals surface area contributed by atoms with Gasteiger partial charge in [-0.1, -0.05) is 24.3 Å². The van der Waals surface area contributed by atoms with Crippen LogP contribution in [0.5, 0.6) is 0 Å². The van der Waals surface area contributed by atoms with E-state index in [2.05, 4.69) is 15.6 Å². The third kappa shape index (κ3) is 5.83. The monoisotopic (exact) mass is 347 g/mol. The summed E-state index contributed by atoms with van der Waals surface area (Å²) in [4.78, 5) is 4.11. The van der Waals surface area contributed by atoms with E-state index >= 15 is 0 Å². The van der Waals surface area contributed by atoms with Crippen LogP contribution in [0.4, 0.5) is 8.78 Å². The Labute approximate surface area is 146 Å². The molecule has 2 aromatic rings. The second kappa shape index (κ2) is 9.74. The first-order valence-electron chi connectivity index (χ1n) is 8.17. The molecule has 0 aromatic heterocycles. The highest BCUT2D eigenvalue weighted by molar-refractivity contribution is 5.79. The number of guanidine groups is 1. The number of benzene rings is 2. The zero-order valence-corrected chi connectivity index (χ0v) is 14.5. The van der Waals surface area contributed by atoms with Crippen LogP contribution in [-0.2, 0) is 24.4 Å². The van der Waals surface area contributed by atoms with Crippen molar-refractivity contribution in [3.05, 3.63) is 70.8 Å². The molecular formula is C19H23F2N3O. The van der Waals surface area contributed by atoms with Gasteiger partial charge in [0.25, 0.3) is 0 Å². The molecule has 0 saturated carbocycles. The number of aliphatic imine (C=N–C) groups is 1. The lowest BCUT2D eigenvalue weighted by atomic mass is 10.1. The minimum atomic E-state index is -0.467. The Hall–Kier alpha value is -2.47. The first kappa shape index (κ1) is 18.9. The molecule has 0 aliphatic carbocycles. The van der Waals surface area contributed by atoms with E-state index in [1.807, 2.05) is 31.2 Å². The molecule has 4 nitrogen and oxygen atoms in total. The molecule has 0 aliphatic rings. The number of nitrogens with zero attached hydrogens (tertiary/aromatic N) is 1. The summed E-state index contributed by atoms with van der Waals surface area (Å²) in [6.07, 6.45) is 0. The van der Waals surface area contributed by atoms with Crippen LogP contribution in [0.25, 0.3) is 0 Å². The molecule has 0 aliphatic heterocycles. The zero-order chi connectivity index (χ0) is 18.1. The molecule has 134 valence electrons. The molecule has 0 spiro atoms. The van der Waals surface area contributed by atoms with E-state index < -0.39 is 11.6 Å². The average Bonchev–Trinajstić information content (AvgIpc) is 2.63. The van der Waals surface area contributed by atoms with Gasteiger partial charge in [-0.05, 0) is 36.2 Å². The summed E-state index contributed by atoms with van der Waals surface area (Å²) in [7, 11) is 1.63. The zero-order valence-electron chi connectivity index (χ0n) is 14.5. The van der Waals surface area contributed by atoms with Crippen molar-refractivity contribution in [2.45, 2.75) is 26.6 Å². The maximum atomic E-state index is 13.7. The number of hydrogen-bond donors (Lipinski definition) is 2. The van der Waals surface area contributed by atoms with E-state index in [1.54, 1.807) is 7.05 Å². The van der Waals surface area contributed by atoms with Gasteiger partial charge >= 0.3 is 0 Å². The SMILES string of the molecule is CCOCc1ccccc1CNC(=NC)NCc1cc(F)ccc1F. The number of nitrogens with one attached hydrogen (secondary N) is 2. The van der Waals surface area contributed by atoms with Gasteiger partial charge in [0.15, 0.2) is 5.96 Å². The van der Waals surface area contributed by atoms with Gasteiger partial charge in [-0.15, -0.1) is 0 Å². The summed E-state index contributed by atoms with van der Waals surface area (Å²) in [6.45, 7) is 3.86. The van der Waals surface area contributed by atoms with Crippen LogP contribution >= 0.6 is 0 Å². The van der Waals surface area contributed by atoms with Crippen LogP contribution in [0.15, 0.2) is 47.5 Å². The van der Waals surface area contributed by atoms with Crippen molar-refractivity contribution < 1.29 is 13.5 Å². The Morgan fingerprint density at radius 1 is 1.00 bits per heavy atom. The number of halogens is 2. The minimum Gasteiger partial charge on any atom is -0.377 e. The maximum Gasteiger partial charge on any atom is 0.191 e. The summed E-state index contributed by atoms with van der Waals surface area (Å²) >= 11 is 0. The molecule has 2 rings (SSSR count). The Morgan fingerprint density at radius 2 is 1.68 bits per heavy atom. The van der Waals surface area contributed by atoms with Crippen molar-refractivity contribution in [2.75, 3.05) is 13.7 Å². The van der Waals surface area contributed by atoms with Crippen molar-refractivity contribution in [3.63, 3.8) is 0 Å². The standard InChI is InChI=1S/C19H23F2N3O/c1-3-25-13-15-7-5-4-6-14(15)11-23-19(22-2)24-12-16-10-17(20)8-9-18(16)21/h4-10H,3,11-13H2,1-2H3,(H2,22,23,24). The summed E-state index contributed by atoms with van der Waals surface area (Å²) in [5.74, 6) is -0.410. The molecule has 0 radical (unpaired) electrons. The highest BCUT2D eigenvalue weighted by Crippen LogP contribution is 2.11. The minimum absolute atomic E-state index is 0.143. The second-order valence-corrected chi connectivity index (χ2v) is 5.42. The Morgan fingerprint density at radius 3 is 2.36 bits per heavy atom. The van der Waals surface area contributed by atoms with E-state index in [0.717, 1.165) is 23.3 Å². The Kier molecular flexibility index (Phi) is 7.35. The first-order valence-corrected chi connectivity index (χ1v) is 8.17. The van der Waals surface area contributed by atoms with Crippen molar-refractivity contribution in [2.24, 2.45) is 4.99 Å².